The number of benzene rings is 2. The van der Waals surface area contributed by atoms with E-state index in [1.165, 1.54) is 12.1 Å². The minimum Gasteiger partial charge on any atom is -0.393 e. The number of carbonyl (C=O) groups excluding carboxylic acids is 1. The lowest BCUT2D eigenvalue weighted by molar-refractivity contribution is 0.104. The second-order valence-corrected chi connectivity index (χ2v) is 6.99. The number of aliphatic hydroxyl groups excluding tert-OH is 1. The van der Waals surface area contributed by atoms with Crippen molar-refractivity contribution in [2.75, 3.05) is 18.0 Å². The van der Waals surface area contributed by atoms with Crippen molar-refractivity contribution in [1.29, 1.82) is 0 Å². The fraction of sp³-hybridized carbons (Fsp3) is 0.250. The zero-order chi connectivity index (χ0) is 17.8. The summed E-state index contributed by atoms with van der Waals surface area (Å²) in [6.07, 6.45) is 4.51. The van der Waals surface area contributed by atoms with E-state index in [1.807, 2.05) is 24.3 Å². The second kappa shape index (κ2) is 7.93. The highest BCUT2D eigenvalue weighted by molar-refractivity contribution is 9.10. The lowest BCUT2D eigenvalue weighted by atomic mass is 10.1. The van der Waals surface area contributed by atoms with Crippen molar-refractivity contribution in [2.45, 2.75) is 18.9 Å². The number of rotatable bonds is 4. The van der Waals surface area contributed by atoms with E-state index >= 15 is 0 Å². The SMILES string of the molecule is O=C(/C=C/c1ccc(F)c(Br)c1)c1ccc(N2CCC(O)CC2)cc1. The monoisotopic (exact) mass is 403 g/mol. The van der Waals surface area contributed by atoms with Crippen LogP contribution in [0.25, 0.3) is 6.08 Å². The van der Waals surface area contributed by atoms with Gasteiger partial charge in [-0.25, -0.2) is 4.39 Å². The van der Waals surface area contributed by atoms with E-state index in [0.717, 1.165) is 37.2 Å². The van der Waals surface area contributed by atoms with Gasteiger partial charge in [0, 0.05) is 24.3 Å². The zero-order valence-electron chi connectivity index (χ0n) is 13.7. The molecule has 0 atom stereocenters. The molecule has 130 valence electrons. The van der Waals surface area contributed by atoms with Gasteiger partial charge in [0.2, 0.25) is 0 Å². The van der Waals surface area contributed by atoms with Crippen LogP contribution in [0.15, 0.2) is 53.0 Å². The van der Waals surface area contributed by atoms with Crippen LogP contribution in [0.3, 0.4) is 0 Å². The first kappa shape index (κ1) is 17.8. The third kappa shape index (κ3) is 4.55. The van der Waals surface area contributed by atoms with Gasteiger partial charge in [-0.05, 0) is 76.8 Å². The fourth-order valence-corrected chi connectivity index (χ4v) is 3.24. The summed E-state index contributed by atoms with van der Waals surface area (Å²) in [5.74, 6) is -0.426. The Labute approximate surface area is 154 Å². The van der Waals surface area contributed by atoms with Crippen molar-refractivity contribution in [3.05, 3.63) is 70.0 Å². The highest BCUT2D eigenvalue weighted by atomic mass is 79.9. The largest absolute Gasteiger partial charge is 0.393 e. The van der Waals surface area contributed by atoms with Crippen LogP contribution in [0, 0.1) is 5.82 Å². The highest BCUT2D eigenvalue weighted by Gasteiger charge is 2.17. The minimum atomic E-state index is -0.329. The number of nitrogens with zero attached hydrogens (tertiary/aromatic N) is 1. The molecule has 0 radical (unpaired) electrons. The summed E-state index contributed by atoms with van der Waals surface area (Å²) in [5.41, 5.74) is 2.43. The van der Waals surface area contributed by atoms with Crippen LogP contribution in [0.5, 0.6) is 0 Å². The van der Waals surface area contributed by atoms with E-state index in [2.05, 4.69) is 20.8 Å². The second-order valence-electron chi connectivity index (χ2n) is 6.14. The van der Waals surface area contributed by atoms with Crippen molar-refractivity contribution in [2.24, 2.45) is 0 Å². The van der Waals surface area contributed by atoms with Crippen molar-refractivity contribution in [1.82, 2.24) is 0 Å². The molecule has 0 unspecified atom stereocenters. The van der Waals surface area contributed by atoms with Crippen LogP contribution < -0.4 is 4.90 Å². The van der Waals surface area contributed by atoms with Crippen LogP contribution in [0.4, 0.5) is 10.1 Å². The molecule has 2 aromatic carbocycles. The Morgan fingerprint density at radius 3 is 2.48 bits per heavy atom. The number of anilines is 1. The molecule has 0 spiro atoms. The topological polar surface area (TPSA) is 40.5 Å². The van der Waals surface area contributed by atoms with Crippen molar-refractivity contribution in [3.63, 3.8) is 0 Å². The van der Waals surface area contributed by atoms with Gasteiger partial charge in [0.15, 0.2) is 5.78 Å². The molecule has 1 aliphatic heterocycles. The zero-order valence-corrected chi connectivity index (χ0v) is 15.2. The average molecular weight is 404 g/mol. The number of hydrogen-bond donors (Lipinski definition) is 1. The third-order valence-electron chi connectivity index (χ3n) is 4.35. The van der Waals surface area contributed by atoms with Crippen molar-refractivity contribution in [3.8, 4) is 0 Å². The van der Waals surface area contributed by atoms with E-state index in [1.54, 1.807) is 18.2 Å². The normalized spacial score (nSPS) is 15.7. The standard InChI is InChI=1S/C20H19BrFNO2/c21-18-13-14(1-7-19(18)22)2-8-20(25)15-3-5-16(6-4-15)23-11-9-17(24)10-12-23/h1-8,13,17,24H,9-12H2/b8-2+. The maximum atomic E-state index is 13.2. The van der Waals surface area contributed by atoms with Crippen molar-refractivity contribution < 1.29 is 14.3 Å². The summed E-state index contributed by atoms with van der Waals surface area (Å²) in [6.45, 7) is 1.65. The molecule has 3 rings (SSSR count). The summed E-state index contributed by atoms with van der Waals surface area (Å²) >= 11 is 3.13. The highest BCUT2D eigenvalue weighted by Crippen LogP contribution is 2.21. The molecule has 1 fully saturated rings. The summed E-state index contributed by atoms with van der Waals surface area (Å²) in [6, 6.07) is 12.1. The fourth-order valence-electron chi connectivity index (χ4n) is 2.84. The van der Waals surface area contributed by atoms with E-state index in [0.29, 0.717) is 10.0 Å². The van der Waals surface area contributed by atoms with Gasteiger partial charge in [0.25, 0.3) is 0 Å². The van der Waals surface area contributed by atoms with E-state index in [-0.39, 0.29) is 17.7 Å². The molecule has 1 aliphatic rings. The van der Waals surface area contributed by atoms with Crippen LogP contribution in [0.2, 0.25) is 0 Å². The lowest BCUT2D eigenvalue weighted by Gasteiger charge is -2.31. The predicted octanol–water partition coefficient (Wildman–Crippen LogP) is 4.45. The Hall–Kier alpha value is -1.98. The Kier molecular flexibility index (Phi) is 5.66. The van der Waals surface area contributed by atoms with E-state index in [4.69, 9.17) is 0 Å². The Morgan fingerprint density at radius 1 is 1.16 bits per heavy atom. The number of ketones is 1. The number of piperidine rings is 1. The molecule has 1 heterocycles. The molecule has 3 nitrogen and oxygen atoms in total. The maximum absolute atomic E-state index is 13.2. The molecule has 0 aliphatic carbocycles. The molecule has 0 saturated carbocycles. The van der Waals surface area contributed by atoms with Crippen molar-refractivity contribution >= 4 is 33.5 Å². The smallest absolute Gasteiger partial charge is 0.185 e. The molecule has 2 aromatic rings. The number of halogens is 2. The number of hydrogen-bond acceptors (Lipinski definition) is 3. The van der Waals surface area contributed by atoms with Gasteiger partial charge in [-0.1, -0.05) is 12.1 Å². The Balaban J connectivity index is 1.66. The summed E-state index contributed by atoms with van der Waals surface area (Å²) < 4.78 is 13.6. The van der Waals surface area contributed by atoms with Gasteiger partial charge in [-0.3, -0.25) is 4.79 Å². The molecule has 0 bridgehead atoms. The molecule has 1 saturated heterocycles. The first-order chi connectivity index (χ1) is 12.0. The molecular formula is C20H19BrFNO2. The first-order valence-corrected chi connectivity index (χ1v) is 9.03. The molecule has 1 N–H and O–H groups in total. The van der Waals surface area contributed by atoms with Gasteiger partial charge in [-0.2, -0.15) is 0 Å². The molecule has 0 amide bonds. The minimum absolute atomic E-state index is 0.0962. The van der Waals surface area contributed by atoms with Gasteiger partial charge >= 0.3 is 0 Å². The molecular weight excluding hydrogens is 385 g/mol. The van der Waals surface area contributed by atoms with Crippen LogP contribution in [0.1, 0.15) is 28.8 Å². The molecule has 5 heteroatoms. The number of aliphatic hydroxyl groups is 1. The summed E-state index contributed by atoms with van der Waals surface area (Å²) in [5, 5.41) is 9.57. The summed E-state index contributed by atoms with van der Waals surface area (Å²) in [7, 11) is 0. The predicted molar refractivity (Wildman–Crippen MR) is 101 cm³/mol. The first-order valence-electron chi connectivity index (χ1n) is 8.23. The Bertz CT molecular complexity index is 781. The lowest BCUT2D eigenvalue weighted by Crippen LogP contribution is -2.35. The number of carbonyl (C=O) groups is 1. The van der Waals surface area contributed by atoms with E-state index in [9.17, 15) is 14.3 Å². The molecule has 25 heavy (non-hydrogen) atoms. The van der Waals surface area contributed by atoms with Gasteiger partial charge < -0.3 is 10.0 Å². The number of allylic oxidation sites excluding steroid dienone is 1. The van der Waals surface area contributed by atoms with Crippen LogP contribution in [-0.4, -0.2) is 30.1 Å². The van der Waals surface area contributed by atoms with Crippen LogP contribution in [-0.2, 0) is 0 Å². The molecule has 0 aromatic heterocycles. The maximum Gasteiger partial charge on any atom is 0.185 e. The van der Waals surface area contributed by atoms with Gasteiger partial charge in [0.05, 0.1) is 10.6 Å². The van der Waals surface area contributed by atoms with Crippen LogP contribution >= 0.6 is 15.9 Å². The quantitative estimate of drug-likeness (QED) is 0.605. The van der Waals surface area contributed by atoms with Gasteiger partial charge in [0.1, 0.15) is 5.82 Å². The Morgan fingerprint density at radius 2 is 1.84 bits per heavy atom. The summed E-state index contributed by atoms with van der Waals surface area (Å²) in [4.78, 5) is 14.5. The van der Waals surface area contributed by atoms with E-state index < -0.39 is 0 Å². The van der Waals surface area contributed by atoms with Gasteiger partial charge in [-0.15, -0.1) is 0 Å². The average Bonchev–Trinajstić information content (AvgIpc) is 2.63. The third-order valence-corrected chi connectivity index (χ3v) is 4.96.